The minimum atomic E-state index is 0.549. The third kappa shape index (κ3) is 2.88. The van der Waals surface area contributed by atoms with Crippen LogP contribution in [-0.4, -0.2) is 23.6 Å². The molecule has 1 aromatic carbocycles. The van der Waals surface area contributed by atoms with E-state index in [1.165, 1.54) is 11.9 Å². The van der Waals surface area contributed by atoms with E-state index < -0.39 is 0 Å². The average molecular weight is 243 g/mol. The Bertz CT molecular complexity index is 498. The van der Waals surface area contributed by atoms with Gasteiger partial charge in [0.25, 0.3) is 0 Å². The second-order valence-electron chi connectivity index (χ2n) is 3.90. The Kier molecular flexibility index (Phi) is 3.96. The zero-order chi connectivity index (χ0) is 12.8. The number of anilines is 3. The molecule has 0 spiro atoms. The van der Waals surface area contributed by atoms with Crippen molar-refractivity contribution in [1.29, 1.82) is 0 Å². The number of nitrogens with two attached hydrogens (primary N) is 1. The summed E-state index contributed by atoms with van der Waals surface area (Å²) in [4.78, 5) is 8.17. The predicted octanol–water partition coefficient (Wildman–Crippen LogP) is 1.76. The highest BCUT2D eigenvalue weighted by Crippen LogP contribution is 2.21. The maximum absolute atomic E-state index is 5.92. The number of nitrogen functional groups attached to an aromatic ring is 1. The molecule has 18 heavy (non-hydrogen) atoms. The molecule has 0 saturated carbocycles. The van der Waals surface area contributed by atoms with Crippen LogP contribution >= 0.6 is 0 Å². The zero-order valence-corrected chi connectivity index (χ0v) is 10.4. The third-order valence-electron chi connectivity index (χ3n) is 2.67. The first-order chi connectivity index (χ1) is 8.81. The van der Waals surface area contributed by atoms with Gasteiger partial charge in [-0.05, 0) is 12.0 Å². The lowest BCUT2D eigenvalue weighted by Crippen LogP contribution is -2.10. The van der Waals surface area contributed by atoms with E-state index in [1.807, 2.05) is 18.2 Å². The molecular weight excluding hydrogens is 226 g/mol. The Morgan fingerprint density at radius 1 is 1.11 bits per heavy atom. The second-order valence-corrected chi connectivity index (χ2v) is 3.90. The van der Waals surface area contributed by atoms with Crippen molar-refractivity contribution in [2.75, 3.05) is 30.0 Å². The summed E-state index contributed by atoms with van der Waals surface area (Å²) in [5, 5.41) is 6.15. The molecule has 0 aliphatic carbocycles. The van der Waals surface area contributed by atoms with Crippen LogP contribution in [-0.2, 0) is 6.42 Å². The minimum absolute atomic E-state index is 0.549. The van der Waals surface area contributed by atoms with Crippen molar-refractivity contribution in [2.45, 2.75) is 6.42 Å². The van der Waals surface area contributed by atoms with Gasteiger partial charge in [-0.15, -0.1) is 0 Å². The lowest BCUT2D eigenvalue weighted by Gasteiger charge is -2.10. The van der Waals surface area contributed by atoms with E-state index in [0.29, 0.717) is 17.3 Å². The molecule has 0 bridgehead atoms. The van der Waals surface area contributed by atoms with Gasteiger partial charge in [0, 0.05) is 13.6 Å². The van der Waals surface area contributed by atoms with Crippen molar-refractivity contribution < 1.29 is 0 Å². The molecule has 4 N–H and O–H groups in total. The first-order valence-corrected chi connectivity index (χ1v) is 5.87. The molecule has 5 heteroatoms. The van der Waals surface area contributed by atoms with Gasteiger partial charge in [0.2, 0.25) is 0 Å². The largest absolute Gasteiger partial charge is 0.393 e. The maximum Gasteiger partial charge on any atom is 0.154 e. The molecule has 0 amide bonds. The lowest BCUT2D eigenvalue weighted by molar-refractivity contribution is 1.00. The van der Waals surface area contributed by atoms with Crippen LogP contribution in [0.1, 0.15) is 5.56 Å². The molecule has 5 nitrogen and oxygen atoms in total. The van der Waals surface area contributed by atoms with Gasteiger partial charge in [-0.2, -0.15) is 0 Å². The highest BCUT2D eigenvalue weighted by molar-refractivity contribution is 5.73. The predicted molar refractivity (Wildman–Crippen MR) is 74.6 cm³/mol. The fourth-order valence-corrected chi connectivity index (χ4v) is 1.71. The standard InChI is InChI=1S/C13H17N5/c1-15-12-11(14)13(18-9-17-12)16-8-7-10-5-3-2-4-6-10/h2-6,9H,7-8,14H2,1H3,(H2,15,16,17,18). The molecule has 0 radical (unpaired) electrons. The van der Waals surface area contributed by atoms with E-state index >= 15 is 0 Å². The summed E-state index contributed by atoms with van der Waals surface area (Å²) < 4.78 is 0. The van der Waals surface area contributed by atoms with Crippen molar-refractivity contribution >= 4 is 17.3 Å². The molecule has 94 valence electrons. The summed E-state index contributed by atoms with van der Waals surface area (Å²) in [6.45, 7) is 0.786. The summed E-state index contributed by atoms with van der Waals surface area (Å²) in [6.07, 6.45) is 2.42. The number of hydrogen-bond donors (Lipinski definition) is 3. The maximum atomic E-state index is 5.92. The lowest BCUT2D eigenvalue weighted by atomic mass is 10.1. The van der Waals surface area contributed by atoms with Crippen molar-refractivity contribution in [3.8, 4) is 0 Å². The third-order valence-corrected chi connectivity index (χ3v) is 2.67. The van der Waals surface area contributed by atoms with Crippen LogP contribution in [0.2, 0.25) is 0 Å². The number of hydrogen-bond acceptors (Lipinski definition) is 5. The van der Waals surface area contributed by atoms with E-state index in [9.17, 15) is 0 Å². The highest BCUT2D eigenvalue weighted by Gasteiger charge is 2.05. The quantitative estimate of drug-likeness (QED) is 0.746. The second kappa shape index (κ2) is 5.86. The number of aromatic nitrogens is 2. The van der Waals surface area contributed by atoms with Crippen LogP contribution in [0.4, 0.5) is 17.3 Å². The number of nitrogens with zero attached hydrogens (tertiary/aromatic N) is 2. The van der Waals surface area contributed by atoms with E-state index in [1.54, 1.807) is 7.05 Å². The Morgan fingerprint density at radius 2 is 1.83 bits per heavy atom. The number of nitrogens with one attached hydrogen (secondary N) is 2. The normalized spacial score (nSPS) is 10.1. The summed E-state index contributed by atoms with van der Waals surface area (Å²) >= 11 is 0. The summed E-state index contributed by atoms with van der Waals surface area (Å²) in [6, 6.07) is 10.3. The topological polar surface area (TPSA) is 75.9 Å². The Labute approximate surface area is 106 Å². The van der Waals surface area contributed by atoms with Gasteiger partial charge < -0.3 is 16.4 Å². The average Bonchev–Trinajstić information content (AvgIpc) is 2.42. The van der Waals surface area contributed by atoms with Gasteiger partial charge in [0.05, 0.1) is 0 Å². The molecule has 0 saturated heterocycles. The molecule has 1 heterocycles. The molecule has 1 aromatic heterocycles. The van der Waals surface area contributed by atoms with E-state index in [-0.39, 0.29) is 0 Å². The summed E-state index contributed by atoms with van der Waals surface area (Å²) in [5.41, 5.74) is 7.76. The summed E-state index contributed by atoms with van der Waals surface area (Å²) in [5.74, 6) is 1.32. The smallest absolute Gasteiger partial charge is 0.154 e. The SMILES string of the molecule is CNc1ncnc(NCCc2ccccc2)c1N. The molecule has 0 aliphatic heterocycles. The fraction of sp³-hybridized carbons (Fsp3) is 0.231. The highest BCUT2D eigenvalue weighted by atomic mass is 15.1. The minimum Gasteiger partial charge on any atom is -0.393 e. The Hall–Kier alpha value is -2.30. The van der Waals surface area contributed by atoms with Crippen molar-refractivity contribution in [2.24, 2.45) is 0 Å². The van der Waals surface area contributed by atoms with Crippen LogP contribution in [0.3, 0.4) is 0 Å². The Morgan fingerprint density at radius 3 is 2.56 bits per heavy atom. The molecule has 0 aliphatic rings. The van der Waals surface area contributed by atoms with Crippen molar-refractivity contribution in [1.82, 2.24) is 9.97 Å². The van der Waals surface area contributed by atoms with Gasteiger partial charge in [-0.1, -0.05) is 30.3 Å². The van der Waals surface area contributed by atoms with Gasteiger partial charge in [0.15, 0.2) is 11.6 Å². The fourth-order valence-electron chi connectivity index (χ4n) is 1.71. The number of benzene rings is 1. The van der Waals surface area contributed by atoms with Gasteiger partial charge >= 0.3 is 0 Å². The van der Waals surface area contributed by atoms with E-state index in [0.717, 1.165) is 13.0 Å². The van der Waals surface area contributed by atoms with Crippen LogP contribution in [0.5, 0.6) is 0 Å². The molecule has 0 fully saturated rings. The molecular formula is C13H17N5. The summed E-state index contributed by atoms with van der Waals surface area (Å²) in [7, 11) is 1.78. The molecule has 0 unspecified atom stereocenters. The number of rotatable bonds is 5. The first kappa shape index (κ1) is 12.2. The van der Waals surface area contributed by atoms with E-state index in [4.69, 9.17) is 5.73 Å². The Balaban J connectivity index is 1.95. The molecule has 2 aromatic rings. The van der Waals surface area contributed by atoms with Crippen molar-refractivity contribution in [3.63, 3.8) is 0 Å². The van der Waals surface area contributed by atoms with Crippen molar-refractivity contribution in [3.05, 3.63) is 42.2 Å². The first-order valence-electron chi connectivity index (χ1n) is 5.87. The zero-order valence-electron chi connectivity index (χ0n) is 10.4. The van der Waals surface area contributed by atoms with Gasteiger partial charge in [-0.25, -0.2) is 9.97 Å². The van der Waals surface area contributed by atoms with Gasteiger partial charge in [0.1, 0.15) is 12.0 Å². The monoisotopic (exact) mass is 243 g/mol. The van der Waals surface area contributed by atoms with Crippen LogP contribution in [0.15, 0.2) is 36.7 Å². The van der Waals surface area contributed by atoms with Crippen LogP contribution in [0.25, 0.3) is 0 Å². The van der Waals surface area contributed by atoms with Gasteiger partial charge in [-0.3, -0.25) is 0 Å². The van der Waals surface area contributed by atoms with Crippen LogP contribution < -0.4 is 16.4 Å². The molecule has 0 atom stereocenters. The van der Waals surface area contributed by atoms with Crippen LogP contribution in [0, 0.1) is 0 Å². The molecule has 2 rings (SSSR count). The van der Waals surface area contributed by atoms with E-state index in [2.05, 4.69) is 32.7 Å².